The lowest BCUT2D eigenvalue weighted by molar-refractivity contribution is 0.0603. The van der Waals surface area contributed by atoms with E-state index in [1.807, 2.05) is 48.5 Å². The predicted molar refractivity (Wildman–Crippen MR) is 115 cm³/mol. The third kappa shape index (κ3) is 4.59. The third-order valence-electron chi connectivity index (χ3n) is 5.12. The second-order valence-electron chi connectivity index (χ2n) is 7.34. The summed E-state index contributed by atoms with van der Waals surface area (Å²) in [6.45, 7) is 0.401. The third-order valence-corrected chi connectivity index (χ3v) is 6.03. The summed E-state index contributed by atoms with van der Waals surface area (Å²) in [5, 5.41) is 0.631. The van der Waals surface area contributed by atoms with Crippen molar-refractivity contribution in [1.29, 1.82) is 0 Å². The molecule has 1 aromatic heterocycles. The molecule has 2 aromatic carbocycles. The summed E-state index contributed by atoms with van der Waals surface area (Å²) in [4.78, 5) is 15.1. The Morgan fingerprint density at radius 3 is 2.63 bits per heavy atom. The van der Waals surface area contributed by atoms with Gasteiger partial charge in [-0.2, -0.15) is 0 Å². The van der Waals surface area contributed by atoms with E-state index < -0.39 is 10.0 Å². The van der Waals surface area contributed by atoms with Crippen LogP contribution in [0, 0.1) is 0 Å². The molecule has 0 aliphatic carbocycles. The quantitative estimate of drug-likeness (QED) is 0.646. The molecule has 0 saturated carbocycles. The molecular weight excluding hydrogens is 424 g/mol. The number of benzene rings is 2. The van der Waals surface area contributed by atoms with Crippen molar-refractivity contribution in [3.63, 3.8) is 0 Å². The molecule has 156 valence electrons. The Labute approximate surface area is 180 Å². The highest BCUT2D eigenvalue weighted by Crippen LogP contribution is 2.35. The number of sulfonamides is 1. The first-order chi connectivity index (χ1) is 14.3. The van der Waals surface area contributed by atoms with E-state index in [9.17, 15) is 13.2 Å². The highest BCUT2D eigenvalue weighted by atomic mass is 35.5. The minimum Gasteiger partial charge on any atom is -0.455 e. The number of nitrogens with zero attached hydrogens (tertiary/aromatic N) is 1. The molecule has 8 heteroatoms. The monoisotopic (exact) mass is 444 g/mol. The number of carbonyl (C=O) groups excluding carboxylic acids is 1. The number of furan rings is 1. The lowest BCUT2D eigenvalue weighted by Crippen LogP contribution is -2.38. The zero-order valence-corrected chi connectivity index (χ0v) is 17.9. The van der Waals surface area contributed by atoms with Crippen molar-refractivity contribution in [1.82, 2.24) is 9.62 Å². The van der Waals surface area contributed by atoms with E-state index in [1.165, 1.54) is 0 Å². The summed E-state index contributed by atoms with van der Waals surface area (Å²) >= 11 is 6.17. The molecule has 0 bridgehead atoms. The van der Waals surface area contributed by atoms with Crippen LogP contribution in [-0.2, 0) is 29.5 Å². The SMILES string of the molecule is CS(=O)(=O)NCc1ccc(C(=O)N2Cc3cc(Cl)ccc3CC2c2ccccc2)o1. The van der Waals surface area contributed by atoms with Gasteiger partial charge in [0.05, 0.1) is 18.8 Å². The van der Waals surface area contributed by atoms with Gasteiger partial charge < -0.3 is 9.32 Å². The first-order valence-electron chi connectivity index (χ1n) is 9.47. The van der Waals surface area contributed by atoms with Gasteiger partial charge in [0, 0.05) is 11.6 Å². The summed E-state index contributed by atoms with van der Waals surface area (Å²) in [6.07, 6.45) is 1.74. The fourth-order valence-electron chi connectivity index (χ4n) is 3.67. The molecule has 2 heterocycles. The van der Waals surface area contributed by atoms with Crippen LogP contribution in [0.2, 0.25) is 5.02 Å². The summed E-state index contributed by atoms with van der Waals surface area (Å²) in [5.74, 6) is 0.298. The van der Waals surface area contributed by atoms with Gasteiger partial charge in [0.15, 0.2) is 5.76 Å². The van der Waals surface area contributed by atoms with Gasteiger partial charge in [0.25, 0.3) is 5.91 Å². The molecule has 0 spiro atoms. The Morgan fingerprint density at radius 1 is 1.13 bits per heavy atom. The smallest absolute Gasteiger partial charge is 0.290 e. The lowest BCUT2D eigenvalue weighted by Gasteiger charge is -2.37. The van der Waals surface area contributed by atoms with Crippen LogP contribution in [0.1, 0.15) is 39.0 Å². The maximum atomic E-state index is 13.4. The van der Waals surface area contributed by atoms with Gasteiger partial charge in [0.2, 0.25) is 10.0 Å². The number of halogens is 1. The van der Waals surface area contributed by atoms with Crippen molar-refractivity contribution in [2.75, 3.05) is 6.26 Å². The van der Waals surface area contributed by atoms with E-state index in [0.717, 1.165) is 22.9 Å². The molecule has 1 amide bonds. The lowest BCUT2D eigenvalue weighted by atomic mass is 9.89. The molecule has 4 rings (SSSR count). The standard InChI is InChI=1S/C22H21ClN2O4S/c1-30(27,28)24-13-19-9-10-21(29-19)22(26)25-14-17-11-18(23)8-7-16(17)12-20(25)15-5-3-2-4-6-15/h2-11,20,24H,12-14H2,1H3. The molecule has 0 saturated heterocycles. The number of fused-ring (bicyclic) bond motifs is 1. The molecule has 0 radical (unpaired) electrons. The maximum Gasteiger partial charge on any atom is 0.290 e. The summed E-state index contributed by atoms with van der Waals surface area (Å²) in [6, 6.07) is 18.7. The second kappa shape index (κ2) is 8.26. The average molecular weight is 445 g/mol. The Kier molecular flexibility index (Phi) is 5.69. The van der Waals surface area contributed by atoms with E-state index in [2.05, 4.69) is 4.72 Å². The normalized spacial score (nSPS) is 16.3. The number of rotatable bonds is 5. The molecule has 1 N–H and O–H groups in total. The molecule has 1 aliphatic rings. The van der Waals surface area contributed by atoms with Gasteiger partial charge >= 0.3 is 0 Å². The molecule has 6 nitrogen and oxygen atoms in total. The van der Waals surface area contributed by atoms with E-state index in [-0.39, 0.29) is 24.3 Å². The second-order valence-corrected chi connectivity index (χ2v) is 9.61. The fraction of sp³-hybridized carbons (Fsp3) is 0.227. The molecular formula is C22H21ClN2O4S. The van der Waals surface area contributed by atoms with E-state index in [1.54, 1.807) is 17.0 Å². The number of hydrogen-bond donors (Lipinski definition) is 1. The van der Waals surface area contributed by atoms with Crippen molar-refractivity contribution in [2.45, 2.75) is 25.6 Å². The highest BCUT2D eigenvalue weighted by Gasteiger charge is 2.33. The zero-order valence-electron chi connectivity index (χ0n) is 16.3. The largest absolute Gasteiger partial charge is 0.455 e. The molecule has 1 aliphatic heterocycles. The fourth-order valence-corrected chi connectivity index (χ4v) is 4.27. The van der Waals surface area contributed by atoms with Crippen molar-refractivity contribution >= 4 is 27.5 Å². The molecule has 0 fully saturated rings. The number of hydrogen-bond acceptors (Lipinski definition) is 4. The van der Waals surface area contributed by atoms with Crippen LogP contribution in [-0.4, -0.2) is 25.5 Å². The average Bonchev–Trinajstić information content (AvgIpc) is 3.20. The number of carbonyl (C=O) groups is 1. The van der Waals surface area contributed by atoms with Crippen LogP contribution in [0.4, 0.5) is 0 Å². The van der Waals surface area contributed by atoms with Crippen molar-refractivity contribution in [3.8, 4) is 0 Å². The zero-order chi connectivity index (χ0) is 21.3. The molecule has 1 atom stereocenters. The first kappa shape index (κ1) is 20.7. The van der Waals surface area contributed by atoms with Crippen LogP contribution in [0.5, 0.6) is 0 Å². The van der Waals surface area contributed by atoms with E-state index in [0.29, 0.717) is 23.7 Å². The molecule has 3 aromatic rings. The predicted octanol–water partition coefficient (Wildman–Crippen LogP) is 3.92. The minimum atomic E-state index is -3.35. The van der Waals surface area contributed by atoms with Crippen LogP contribution in [0.15, 0.2) is 65.1 Å². The van der Waals surface area contributed by atoms with Crippen molar-refractivity contribution < 1.29 is 17.6 Å². The maximum absolute atomic E-state index is 13.4. The van der Waals surface area contributed by atoms with Crippen LogP contribution < -0.4 is 4.72 Å². The Bertz CT molecular complexity index is 1170. The van der Waals surface area contributed by atoms with Gasteiger partial charge in [-0.1, -0.05) is 48.0 Å². The highest BCUT2D eigenvalue weighted by molar-refractivity contribution is 7.88. The van der Waals surface area contributed by atoms with Gasteiger partial charge in [-0.15, -0.1) is 0 Å². The molecule has 30 heavy (non-hydrogen) atoms. The Balaban J connectivity index is 1.64. The summed E-state index contributed by atoms with van der Waals surface area (Å²) in [7, 11) is -3.35. The number of amides is 1. The first-order valence-corrected chi connectivity index (χ1v) is 11.7. The minimum absolute atomic E-state index is 0.00727. The summed E-state index contributed by atoms with van der Waals surface area (Å²) < 4.78 is 30.6. The van der Waals surface area contributed by atoms with Crippen LogP contribution >= 0.6 is 11.6 Å². The van der Waals surface area contributed by atoms with Crippen molar-refractivity contribution in [2.24, 2.45) is 0 Å². The number of nitrogens with one attached hydrogen (secondary N) is 1. The van der Waals surface area contributed by atoms with Gasteiger partial charge in [-0.3, -0.25) is 4.79 Å². The topological polar surface area (TPSA) is 79.6 Å². The van der Waals surface area contributed by atoms with Crippen molar-refractivity contribution in [3.05, 3.63) is 93.9 Å². The summed E-state index contributed by atoms with van der Waals surface area (Å²) in [5.41, 5.74) is 3.21. The van der Waals surface area contributed by atoms with Gasteiger partial charge in [0.1, 0.15) is 5.76 Å². The molecule has 1 unspecified atom stereocenters. The van der Waals surface area contributed by atoms with Crippen LogP contribution in [0.25, 0.3) is 0 Å². The van der Waals surface area contributed by atoms with Gasteiger partial charge in [-0.05, 0) is 47.4 Å². The van der Waals surface area contributed by atoms with Crippen LogP contribution in [0.3, 0.4) is 0 Å². The Hall–Kier alpha value is -2.61. The van der Waals surface area contributed by atoms with Gasteiger partial charge in [-0.25, -0.2) is 13.1 Å². The van der Waals surface area contributed by atoms with E-state index in [4.69, 9.17) is 16.0 Å². The Morgan fingerprint density at radius 2 is 1.90 bits per heavy atom. The van der Waals surface area contributed by atoms with E-state index >= 15 is 0 Å².